The van der Waals surface area contributed by atoms with Gasteiger partial charge in [0.2, 0.25) is 0 Å². The van der Waals surface area contributed by atoms with Crippen LogP contribution in [0.2, 0.25) is 0 Å². The molecule has 0 saturated carbocycles. The minimum Gasteiger partial charge on any atom is -0.229 e. The average molecular weight is 187 g/mol. The van der Waals surface area contributed by atoms with Gasteiger partial charge in [0.05, 0.1) is 17.6 Å². The van der Waals surface area contributed by atoms with Gasteiger partial charge >= 0.3 is 0 Å². The minimum absolute atomic E-state index is 0.000463. The Morgan fingerprint density at radius 3 is 2.33 bits per heavy atom. The summed E-state index contributed by atoms with van der Waals surface area (Å²) in [6, 6.07) is 2.17. The number of rotatable bonds is 1. The molecule has 0 aliphatic carbocycles. The van der Waals surface area contributed by atoms with Crippen molar-refractivity contribution in [3.8, 4) is 6.07 Å². The summed E-state index contributed by atoms with van der Waals surface area (Å²) in [5.74, 6) is 0.826. The van der Waals surface area contributed by atoms with Gasteiger partial charge in [0.25, 0.3) is 0 Å². The van der Waals surface area contributed by atoms with E-state index in [1.165, 1.54) is 0 Å². The van der Waals surface area contributed by atoms with Crippen molar-refractivity contribution in [3.63, 3.8) is 0 Å². The van der Waals surface area contributed by atoms with Crippen molar-refractivity contribution < 1.29 is 8.42 Å². The van der Waals surface area contributed by atoms with E-state index < -0.39 is 9.84 Å². The summed E-state index contributed by atoms with van der Waals surface area (Å²) in [7, 11) is -2.77. The molecule has 0 radical (unpaired) electrons. The van der Waals surface area contributed by atoms with Crippen LogP contribution in [-0.2, 0) is 9.84 Å². The summed E-state index contributed by atoms with van der Waals surface area (Å²) in [6.07, 6.45) is 1.33. The maximum absolute atomic E-state index is 11.0. The zero-order chi connectivity index (χ0) is 9.19. The van der Waals surface area contributed by atoms with Gasteiger partial charge in [0.15, 0.2) is 0 Å². The quantitative estimate of drug-likeness (QED) is 0.614. The molecule has 0 aromatic heterocycles. The molecule has 1 rings (SSSR count). The Balaban J connectivity index is 2.53. The second-order valence-corrected chi connectivity index (χ2v) is 5.71. The molecule has 12 heavy (non-hydrogen) atoms. The third-order valence-electron chi connectivity index (χ3n) is 2.51. The van der Waals surface area contributed by atoms with Gasteiger partial charge in [-0.15, -0.1) is 0 Å². The first-order valence-electron chi connectivity index (χ1n) is 4.15. The van der Waals surface area contributed by atoms with Crippen LogP contribution in [0.3, 0.4) is 0 Å². The Kier molecular flexibility index (Phi) is 2.73. The molecule has 0 bridgehead atoms. The molecular weight excluding hydrogens is 174 g/mol. The molecule has 1 unspecified atom stereocenters. The monoisotopic (exact) mass is 187 g/mol. The second kappa shape index (κ2) is 3.44. The second-order valence-electron chi connectivity index (χ2n) is 3.41. The topological polar surface area (TPSA) is 57.9 Å². The van der Waals surface area contributed by atoms with E-state index in [0.717, 1.165) is 0 Å². The van der Waals surface area contributed by atoms with Crippen molar-refractivity contribution in [2.24, 2.45) is 11.8 Å². The highest BCUT2D eigenvalue weighted by atomic mass is 32.2. The maximum Gasteiger partial charge on any atom is 0.150 e. The lowest BCUT2D eigenvalue weighted by molar-refractivity contribution is 0.388. The van der Waals surface area contributed by atoms with E-state index in [1.807, 2.05) is 6.92 Å². The van der Waals surface area contributed by atoms with Gasteiger partial charge in [-0.25, -0.2) is 8.42 Å². The molecule has 3 nitrogen and oxygen atoms in total. The fraction of sp³-hybridized carbons (Fsp3) is 0.875. The zero-order valence-electron chi connectivity index (χ0n) is 7.16. The Labute approximate surface area is 73.3 Å². The van der Waals surface area contributed by atoms with E-state index in [4.69, 9.17) is 5.26 Å². The first-order valence-corrected chi connectivity index (χ1v) is 5.97. The first kappa shape index (κ1) is 9.53. The standard InChI is InChI=1S/C8H13NO2S/c1-7(6-9)8-2-4-12(10,11)5-3-8/h7-8H,2-5H2,1H3. The van der Waals surface area contributed by atoms with E-state index in [1.54, 1.807) is 0 Å². The average Bonchev–Trinajstić information content (AvgIpc) is 2.03. The van der Waals surface area contributed by atoms with Gasteiger partial charge in [-0.05, 0) is 25.7 Å². The zero-order valence-corrected chi connectivity index (χ0v) is 7.97. The van der Waals surface area contributed by atoms with E-state index in [0.29, 0.717) is 18.8 Å². The largest absolute Gasteiger partial charge is 0.229 e. The molecule has 0 N–H and O–H groups in total. The smallest absolute Gasteiger partial charge is 0.150 e. The third kappa shape index (κ3) is 2.21. The van der Waals surface area contributed by atoms with Crippen LogP contribution in [0.1, 0.15) is 19.8 Å². The van der Waals surface area contributed by atoms with Gasteiger partial charge in [-0.2, -0.15) is 5.26 Å². The number of nitriles is 1. The van der Waals surface area contributed by atoms with Gasteiger partial charge in [-0.1, -0.05) is 0 Å². The summed E-state index contributed by atoms with van der Waals surface area (Å²) in [4.78, 5) is 0. The molecule has 1 saturated heterocycles. The lowest BCUT2D eigenvalue weighted by Crippen LogP contribution is -2.26. The molecule has 1 heterocycles. The van der Waals surface area contributed by atoms with Crippen LogP contribution in [0.5, 0.6) is 0 Å². The van der Waals surface area contributed by atoms with E-state index in [9.17, 15) is 8.42 Å². The van der Waals surface area contributed by atoms with Crippen molar-refractivity contribution in [2.45, 2.75) is 19.8 Å². The summed E-state index contributed by atoms with van der Waals surface area (Å²) in [5, 5.41) is 8.62. The van der Waals surface area contributed by atoms with Crippen LogP contribution < -0.4 is 0 Å². The summed E-state index contributed by atoms with van der Waals surface area (Å²) in [6.45, 7) is 1.86. The summed E-state index contributed by atoms with van der Waals surface area (Å²) >= 11 is 0. The predicted molar refractivity (Wildman–Crippen MR) is 46.2 cm³/mol. The Bertz CT molecular complexity index is 275. The molecule has 0 aromatic carbocycles. The molecule has 0 amide bonds. The fourth-order valence-corrected chi connectivity index (χ4v) is 3.04. The third-order valence-corrected chi connectivity index (χ3v) is 4.23. The van der Waals surface area contributed by atoms with Crippen molar-refractivity contribution in [3.05, 3.63) is 0 Å². The van der Waals surface area contributed by atoms with Crippen LogP contribution >= 0.6 is 0 Å². The van der Waals surface area contributed by atoms with Crippen molar-refractivity contribution in [2.75, 3.05) is 11.5 Å². The minimum atomic E-state index is -2.77. The Morgan fingerprint density at radius 1 is 1.42 bits per heavy atom. The fourth-order valence-electron chi connectivity index (χ4n) is 1.51. The van der Waals surface area contributed by atoms with Gasteiger partial charge < -0.3 is 0 Å². The number of sulfone groups is 1. The SMILES string of the molecule is CC(C#N)C1CCS(=O)(=O)CC1. The Hall–Kier alpha value is -0.560. The predicted octanol–water partition coefficient (Wildman–Crippen LogP) is 0.971. The number of nitrogens with zero attached hydrogens (tertiary/aromatic N) is 1. The molecular formula is C8H13NO2S. The summed E-state index contributed by atoms with van der Waals surface area (Å²) in [5.41, 5.74) is 0. The summed E-state index contributed by atoms with van der Waals surface area (Å²) < 4.78 is 22.0. The number of hydrogen-bond acceptors (Lipinski definition) is 3. The van der Waals surface area contributed by atoms with Crippen LogP contribution in [0, 0.1) is 23.2 Å². The van der Waals surface area contributed by atoms with Crippen LogP contribution in [0.25, 0.3) is 0 Å². The highest BCUT2D eigenvalue weighted by Crippen LogP contribution is 2.25. The van der Waals surface area contributed by atoms with Gasteiger partial charge in [0, 0.05) is 5.92 Å². The molecule has 1 aliphatic rings. The van der Waals surface area contributed by atoms with Crippen molar-refractivity contribution >= 4 is 9.84 Å². The lowest BCUT2D eigenvalue weighted by Gasteiger charge is -2.23. The van der Waals surface area contributed by atoms with Crippen molar-refractivity contribution in [1.82, 2.24) is 0 Å². The molecule has 1 atom stereocenters. The van der Waals surface area contributed by atoms with E-state index in [2.05, 4.69) is 6.07 Å². The van der Waals surface area contributed by atoms with Crippen LogP contribution in [-0.4, -0.2) is 19.9 Å². The molecule has 68 valence electrons. The van der Waals surface area contributed by atoms with Crippen LogP contribution in [0.4, 0.5) is 0 Å². The van der Waals surface area contributed by atoms with Gasteiger partial charge in [-0.3, -0.25) is 0 Å². The number of hydrogen-bond donors (Lipinski definition) is 0. The lowest BCUT2D eigenvalue weighted by atomic mass is 9.90. The highest BCUT2D eigenvalue weighted by molar-refractivity contribution is 7.91. The molecule has 0 aromatic rings. The van der Waals surface area contributed by atoms with Gasteiger partial charge in [0.1, 0.15) is 9.84 Å². The maximum atomic E-state index is 11.0. The van der Waals surface area contributed by atoms with E-state index >= 15 is 0 Å². The van der Waals surface area contributed by atoms with Crippen LogP contribution in [0.15, 0.2) is 0 Å². The first-order chi connectivity index (χ1) is 5.55. The highest BCUT2D eigenvalue weighted by Gasteiger charge is 2.26. The van der Waals surface area contributed by atoms with E-state index in [-0.39, 0.29) is 17.4 Å². The van der Waals surface area contributed by atoms with Crippen molar-refractivity contribution in [1.29, 1.82) is 5.26 Å². The molecule has 4 heteroatoms. The molecule has 0 spiro atoms. The molecule has 1 aliphatic heterocycles. The molecule has 1 fully saturated rings. The Morgan fingerprint density at radius 2 is 1.92 bits per heavy atom. The normalized spacial score (nSPS) is 26.0.